The zero-order valence-corrected chi connectivity index (χ0v) is 8.55. The first kappa shape index (κ1) is 10.5. The van der Waals surface area contributed by atoms with Gasteiger partial charge in [0.2, 0.25) is 0 Å². The van der Waals surface area contributed by atoms with Crippen LogP contribution in [0.15, 0.2) is 35.7 Å². The molecule has 0 unspecified atom stereocenters. The summed E-state index contributed by atoms with van der Waals surface area (Å²) in [6.07, 6.45) is 4.76. The lowest BCUT2D eigenvalue weighted by molar-refractivity contribution is -0.141. The van der Waals surface area contributed by atoms with Crippen LogP contribution >= 0.6 is 0 Å². The van der Waals surface area contributed by atoms with Crippen LogP contribution in [-0.4, -0.2) is 22.5 Å². The SMILES string of the molecule is C=CC(=O)N(c1ccoc1)C1(C(=O)O)CC1. The highest BCUT2D eigenvalue weighted by atomic mass is 16.4. The largest absolute Gasteiger partial charge is 0.479 e. The lowest BCUT2D eigenvalue weighted by atomic mass is 10.2. The Hall–Kier alpha value is -2.04. The molecule has 1 aromatic heterocycles. The van der Waals surface area contributed by atoms with Crippen molar-refractivity contribution in [1.82, 2.24) is 0 Å². The highest BCUT2D eigenvalue weighted by Gasteiger charge is 2.57. The number of aliphatic carboxylic acids is 1. The third kappa shape index (κ3) is 1.41. The summed E-state index contributed by atoms with van der Waals surface area (Å²) in [4.78, 5) is 24.1. The number of carbonyl (C=O) groups excluding carboxylic acids is 1. The number of carboxylic acid groups (broad SMARTS) is 1. The summed E-state index contributed by atoms with van der Waals surface area (Å²) < 4.78 is 4.87. The second-order valence-corrected chi connectivity index (χ2v) is 3.70. The van der Waals surface area contributed by atoms with E-state index < -0.39 is 17.4 Å². The highest BCUT2D eigenvalue weighted by Crippen LogP contribution is 2.44. The maximum absolute atomic E-state index is 11.7. The molecule has 1 saturated carbocycles. The molecule has 0 spiro atoms. The summed E-state index contributed by atoms with van der Waals surface area (Å²) >= 11 is 0. The molecule has 1 aliphatic carbocycles. The van der Waals surface area contributed by atoms with Crippen molar-refractivity contribution in [2.24, 2.45) is 0 Å². The van der Waals surface area contributed by atoms with E-state index in [0.29, 0.717) is 18.5 Å². The topological polar surface area (TPSA) is 70.8 Å². The van der Waals surface area contributed by atoms with E-state index in [1.807, 2.05) is 0 Å². The van der Waals surface area contributed by atoms with Crippen LogP contribution in [0, 0.1) is 0 Å². The molecule has 1 N–H and O–H groups in total. The van der Waals surface area contributed by atoms with Crippen LogP contribution in [0.5, 0.6) is 0 Å². The molecular weight excluding hydrogens is 210 g/mol. The van der Waals surface area contributed by atoms with Gasteiger partial charge in [0.25, 0.3) is 5.91 Å². The van der Waals surface area contributed by atoms with Gasteiger partial charge in [-0.2, -0.15) is 0 Å². The van der Waals surface area contributed by atoms with E-state index >= 15 is 0 Å². The third-order valence-corrected chi connectivity index (χ3v) is 2.71. The standard InChI is InChI=1S/C11H11NO4/c1-2-9(13)12(8-3-6-16-7-8)11(4-5-11)10(14)15/h2-3,6-7H,1,4-5H2,(H,14,15). The van der Waals surface area contributed by atoms with E-state index in [-0.39, 0.29) is 0 Å². The Morgan fingerprint density at radius 1 is 1.56 bits per heavy atom. The molecule has 0 atom stereocenters. The van der Waals surface area contributed by atoms with Gasteiger partial charge in [0.1, 0.15) is 11.8 Å². The normalized spacial score (nSPS) is 16.5. The Labute approximate surface area is 92.0 Å². The summed E-state index contributed by atoms with van der Waals surface area (Å²) in [5.41, 5.74) is -0.667. The van der Waals surface area contributed by atoms with Crippen molar-refractivity contribution in [1.29, 1.82) is 0 Å². The predicted octanol–water partition coefficient (Wildman–Crippen LogP) is 1.42. The fourth-order valence-electron chi connectivity index (χ4n) is 1.71. The molecule has 5 nitrogen and oxygen atoms in total. The van der Waals surface area contributed by atoms with Crippen LogP contribution in [-0.2, 0) is 9.59 Å². The van der Waals surface area contributed by atoms with Crippen molar-refractivity contribution in [2.45, 2.75) is 18.4 Å². The predicted molar refractivity (Wildman–Crippen MR) is 56.0 cm³/mol. The van der Waals surface area contributed by atoms with Gasteiger partial charge in [0.15, 0.2) is 0 Å². The van der Waals surface area contributed by atoms with E-state index in [9.17, 15) is 9.59 Å². The van der Waals surface area contributed by atoms with Gasteiger partial charge in [-0.25, -0.2) is 4.79 Å². The molecular formula is C11H11NO4. The van der Waals surface area contributed by atoms with Crippen LogP contribution in [0.25, 0.3) is 0 Å². The molecule has 1 fully saturated rings. The average Bonchev–Trinajstić information content (AvgIpc) is 2.88. The van der Waals surface area contributed by atoms with Crippen molar-refractivity contribution in [2.75, 3.05) is 4.90 Å². The number of hydrogen-bond acceptors (Lipinski definition) is 3. The number of anilines is 1. The first-order valence-corrected chi connectivity index (χ1v) is 4.84. The van der Waals surface area contributed by atoms with Crippen LogP contribution in [0.1, 0.15) is 12.8 Å². The van der Waals surface area contributed by atoms with Gasteiger partial charge >= 0.3 is 5.97 Å². The Bertz CT molecular complexity index is 431. The van der Waals surface area contributed by atoms with Gasteiger partial charge in [-0.15, -0.1) is 0 Å². The van der Waals surface area contributed by atoms with Gasteiger partial charge < -0.3 is 9.52 Å². The molecule has 1 amide bonds. The van der Waals surface area contributed by atoms with Crippen LogP contribution in [0.4, 0.5) is 5.69 Å². The van der Waals surface area contributed by atoms with E-state index in [2.05, 4.69) is 6.58 Å². The summed E-state index contributed by atoms with van der Waals surface area (Å²) in [7, 11) is 0. The second kappa shape index (κ2) is 3.52. The summed E-state index contributed by atoms with van der Waals surface area (Å²) in [6.45, 7) is 3.38. The zero-order chi connectivity index (χ0) is 11.8. The molecule has 0 aromatic carbocycles. The lowest BCUT2D eigenvalue weighted by Crippen LogP contribution is -2.46. The number of carbonyl (C=O) groups is 2. The van der Waals surface area contributed by atoms with Crippen molar-refractivity contribution in [3.8, 4) is 0 Å². The molecule has 2 rings (SSSR count). The van der Waals surface area contributed by atoms with Crippen molar-refractivity contribution < 1.29 is 19.1 Å². The molecule has 1 aromatic rings. The zero-order valence-electron chi connectivity index (χ0n) is 8.55. The van der Waals surface area contributed by atoms with E-state index in [0.717, 1.165) is 6.08 Å². The minimum absolute atomic E-state index is 0.429. The van der Waals surface area contributed by atoms with E-state index in [4.69, 9.17) is 9.52 Å². The smallest absolute Gasteiger partial charge is 0.330 e. The van der Waals surface area contributed by atoms with Crippen molar-refractivity contribution >= 4 is 17.6 Å². The molecule has 0 radical (unpaired) electrons. The number of rotatable bonds is 4. The second-order valence-electron chi connectivity index (χ2n) is 3.70. The lowest BCUT2D eigenvalue weighted by Gasteiger charge is -2.26. The number of furan rings is 1. The first-order valence-electron chi connectivity index (χ1n) is 4.84. The molecule has 5 heteroatoms. The Kier molecular flexibility index (Phi) is 2.30. The quantitative estimate of drug-likeness (QED) is 0.780. The Morgan fingerprint density at radius 3 is 2.62 bits per heavy atom. The molecule has 16 heavy (non-hydrogen) atoms. The number of nitrogens with zero attached hydrogens (tertiary/aromatic N) is 1. The highest BCUT2D eigenvalue weighted by molar-refractivity contribution is 6.08. The van der Waals surface area contributed by atoms with Gasteiger partial charge in [0, 0.05) is 6.07 Å². The van der Waals surface area contributed by atoms with Crippen molar-refractivity contribution in [3.05, 3.63) is 31.2 Å². The minimum atomic E-state index is -1.12. The van der Waals surface area contributed by atoms with Crippen LogP contribution in [0.3, 0.4) is 0 Å². The molecule has 1 heterocycles. The molecule has 1 aliphatic rings. The maximum Gasteiger partial charge on any atom is 0.330 e. The number of amides is 1. The number of carboxylic acids is 1. The molecule has 84 valence electrons. The van der Waals surface area contributed by atoms with Gasteiger partial charge in [0.05, 0.1) is 12.0 Å². The monoisotopic (exact) mass is 221 g/mol. The minimum Gasteiger partial charge on any atom is -0.479 e. The van der Waals surface area contributed by atoms with Crippen LogP contribution < -0.4 is 4.90 Å². The molecule has 0 aliphatic heterocycles. The fourth-order valence-corrected chi connectivity index (χ4v) is 1.71. The van der Waals surface area contributed by atoms with Gasteiger partial charge in [-0.1, -0.05) is 6.58 Å². The van der Waals surface area contributed by atoms with E-state index in [1.54, 1.807) is 6.07 Å². The Morgan fingerprint density at radius 2 is 2.25 bits per heavy atom. The first-order chi connectivity index (χ1) is 7.62. The third-order valence-electron chi connectivity index (χ3n) is 2.71. The average molecular weight is 221 g/mol. The summed E-state index contributed by atoms with van der Waals surface area (Å²) in [5, 5.41) is 9.16. The van der Waals surface area contributed by atoms with Crippen molar-refractivity contribution in [3.63, 3.8) is 0 Å². The van der Waals surface area contributed by atoms with E-state index in [1.165, 1.54) is 17.4 Å². The maximum atomic E-state index is 11.7. The number of hydrogen-bond donors (Lipinski definition) is 1. The summed E-state index contributed by atoms with van der Waals surface area (Å²) in [6, 6.07) is 1.56. The van der Waals surface area contributed by atoms with Gasteiger partial charge in [-0.05, 0) is 18.9 Å². The molecule has 0 bridgehead atoms. The summed E-state index contributed by atoms with van der Waals surface area (Å²) in [5.74, 6) is -1.43. The van der Waals surface area contributed by atoms with Crippen LogP contribution in [0.2, 0.25) is 0 Å². The molecule has 0 saturated heterocycles. The van der Waals surface area contributed by atoms with Gasteiger partial charge in [-0.3, -0.25) is 9.69 Å². The Balaban J connectivity index is 2.40. The fraction of sp³-hybridized carbons (Fsp3) is 0.273.